The minimum atomic E-state index is -3.09. The SMILES string of the molecule is Cc1ccc(C(=O)NC[C@H]2CCCS2(=O)=O)c(F)c1. The van der Waals surface area contributed by atoms with Crippen molar-refractivity contribution >= 4 is 15.7 Å². The number of hydrogen-bond donors (Lipinski definition) is 1. The Hall–Kier alpha value is -1.43. The third kappa shape index (κ3) is 3.12. The van der Waals surface area contributed by atoms with Crippen LogP contribution in [0.4, 0.5) is 4.39 Å². The molecular weight excluding hydrogens is 269 g/mol. The van der Waals surface area contributed by atoms with Crippen LogP contribution in [0.1, 0.15) is 28.8 Å². The van der Waals surface area contributed by atoms with Crippen molar-refractivity contribution in [2.24, 2.45) is 0 Å². The van der Waals surface area contributed by atoms with E-state index in [1.54, 1.807) is 13.0 Å². The van der Waals surface area contributed by atoms with Crippen molar-refractivity contribution in [1.29, 1.82) is 0 Å². The zero-order valence-corrected chi connectivity index (χ0v) is 11.5. The Labute approximate surface area is 111 Å². The molecule has 0 radical (unpaired) electrons. The summed E-state index contributed by atoms with van der Waals surface area (Å²) in [5.41, 5.74) is 0.674. The first kappa shape index (κ1) is 14.0. The Balaban J connectivity index is 2.02. The summed E-state index contributed by atoms with van der Waals surface area (Å²) in [6.45, 7) is 1.78. The van der Waals surface area contributed by atoms with Crippen molar-refractivity contribution in [3.05, 3.63) is 35.1 Å². The van der Waals surface area contributed by atoms with E-state index < -0.39 is 26.8 Å². The Bertz CT molecular complexity index is 598. The lowest BCUT2D eigenvalue weighted by atomic mass is 10.1. The number of carbonyl (C=O) groups is 1. The van der Waals surface area contributed by atoms with Gasteiger partial charge in [0.1, 0.15) is 5.82 Å². The van der Waals surface area contributed by atoms with Crippen molar-refractivity contribution in [1.82, 2.24) is 5.32 Å². The molecule has 1 N–H and O–H groups in total. The molecule has 19 heavy (non-hydrogen) atoms. The average molecular weight is 285 g/mol. The summed E-state index contributed by atoms with van der Waals surface area (Å²) in [4.78, 5) is 11.8. The Kier molecular flexibility index (Phi) is 3.89. The third-order valence-electron chi connectivity index (χ3n) is 3.32. The maximum absolute atomic E-state index is 13.6. The molecule has 1 saturated heterocycles. The summed E-state index contributed by atoms with van der Waals surface area (Å²) in [6.07, 6.45) is 1.18. The Morgan fingerprint density at radius 2 is 2.21 bits per heavy atom. The summed E-state index contributed by atoms with van der Waals surface area (Å²) in [7, 11) is -3.09. The summed E-state index contributed by atoms with van der Waals surface area (Å²) < 4.78 is 36.8. The van der Waals surface area contributed by atoms with Gasteiger partial charge in [-0.3, -0.25) is 4.79 Å². The second kappa shape index (κ2) is 5.28. The number of nitrogens with one attached hydrogen (secondary N) is 1. The first-order valence-corrected chi connectivity index (χ1v) is 7.87. The molecular formula is C13H16FNO3S. The highest BCUT2D eigenvalue weighted by Gasteiger charge is 2.31. The van der Waals surface area contributed by atoms with Crippen LogP contribution in [0, 0.1) is 12.7 Å². The summed E-state index contributed by atoms with van der Waals surface area (Å²) in [6, 6.07) is 4.33. The molecule has 1 atom stereocenters. The van der Waals surface area contributed by atoms with Crippen molar-refractivity contribution in [2.75, 3.05) is 12.3 Å². The number of benzene rings is 1. The van der Waals surface area contributed by atoms with Gasteiger partial charge in [-0.2, -0.15) is 0 Å². The molecule has 1 heterocycles. The predicted molar refractivity (Wildman–Crippen MR) is 70.3 cm³/mol. The highest BCUT2D eigenvalue weighted by atomic mass is 32.2. The second-order valence-electron chi connectivity index (χ2n) is 4.82. The molecule has 1 amide bonds. The van der Waals surface area contributed by atoms with Gasteiger partial charge in [0, 0.05) is 6.54 Å². The van der Waals surface area contributed by atoms with E-state index in [4.69, 9.17) is 0 Å². The maximum atomic E-state index is 13.6. The number of aryl methyl sites for hydroxylation is 1. The largest absolute Gasteiger partial charge is 0.351 e. The van der Waals surface area contributed by atoms with Crippen LogP contribution in [0.3, 0.4) is 0 Å². The molecule has 104 valence electrons. The lowest BCUT2D eigenvalue weighted by Gasteiger charge is -2.11. The molecule has 1 aliphatic rings. The van der Waals surface area contributed by atoms with Gasteiger partial charge in [-0.25, -0.2) is 12.8 Å². The van der Waals surface area contributed by atoms with Gasteiger partial charge < -0.3 is 5.32 Å². The van der Waals surface area contributed by atoms with Crippen molar-refractivity contribution in [2.45, 2.75) is 25.0 Å². The predicted octanol–water partition coefficient (Wildman–Crippen LogP) is 1.44. The smallest absolute Gasteiger partial charge is 0.254 e. The minimum absolute atomic E-state index is 0.0501. The molecule has 0 saturated carbocycles. The van der Waals surface area contributed by atoms with Crippen LogP contribution in [0.15, 0.2) is 18.2 Å². The van der Waals surface area contributed by atoms with Crippen molar-refractivity contribution < 1.29 is 17.6 Å². The molecule has 0 aromatic heterocycles. The highest BCUT2D eigenvalue weighted by molar-refractivity contribution is 7.92. The molecule has 0 unspecified atom stereocenters. The van der Waals surface area contributed by atoms with Gasteiger partial charge in [0.2, 0.25) is 0 Å². The lowest BCUT2D eigenvalue weighted by Crippen LogP contribution is -2.35. The van der Waals surface area contributed by atoms with E-state index in [9.17, 15) is 17.6 Å². The average Bonchev–Trinajstić information content (AvgIpc) is 2.65. The summed E-state index contributed by atoms with van der Waals surface area (Å²) in [5.74, 6) is -0.988. The fraction of sp³-hybridized carbons (Fsp3) is 0.462. The van der Waals surface area contributed by atoms with Crippen LogP contribution < -0.4 is 5.32 Å². The summed E-state index contributed by atoms with van der Waals surface area (Å²) in [5, 5.41) is 1.96. The van der Waals surface area contributed by atoms with Crippen LogP contribution in [-0.2, 0) is 9.84 Å². The van der Waals surface area contributed by atoms with E-state index in [1.807, 2.05) is 0 Å². The van der Waals surface area contributed by atoms with Crippen LogP contribution in [0.2, 0.25) is 0 Å². The third-order valence-corrected chi connectivity index (χ3v) is 5.60. The Morgan fingerprint density at radius 1 is 1.47 bits per heavy atom. The quantitative estimate of drug-likeness (QED) is 0.914. The first-order valence-electron chi connectivity index (χ1n) is 6.16. The minimum Gasteiger partial charge on any atom is -0.351 e. The van der Waals surface area contributed by atoms with Crippen LogP contribution in [0.25, 0.3) is 0 Å². The molecule has 2 rings (SSSR count). The first-order chi connectivity index (χ1) is 8.90. The van der Waals surface area contributed by atoms with E-state index in [-0.39, 0.29) is 17.9 Å². The number of carbonyl (C=O) groups excluding carboxylic acids is 1. The topological polar surface area (TPSA) is 63.2 Å². The van der Waals surface area contributed by atoms with Crippen LogP contribution in [-0.4, -0.2) is 31.9 Å². The standard InChI is InChI=1S/C13H16FNO3S/c1-9-4-5-11(12(14)7-9)13(16)15-8-10-3-2-6-19(10,17)18/h4-5,7,10H,2-3,6,8H2,1H3,(H,15,16)/t10-/m1/s1. The van der Waals surface area contributed by atoms with E-state index in [0.717, 1.165) is 5.56 Å². The van der Waals surface area contributed by atoms with Gasteiger partial charge in [0.05, 0.1) is 16.6 Å². The fourth-order valence-corrected chi connectivity index (χ4v) is 3.96. The normalized spacial score (nSPS) is 21.3. The maximum Gasteiger partial charge on any atom is 0.254 e. The zero-order chi connectivity index (χ0) is 14.0. The molecule has 0 spiro atoms. The molecule has 0 aliphatic carbocycles. The monoisotopic (exact) mass is 285 g/mol. The second-order valence-corrected chi connectivity index (χ2v) is 7.23. The van der Waals surface area contributed by atoms with Gasteiger partial charge in [-0.15, -0.1) is 0 Å². The van der Waals surface area contributed by atoms with Crippen molar-refractivity contribution in [3.63, 3.8) is 0 Å². The highest BCUT2D eigenvalue weighted by Crippen LogP contribution is 2.19. The van der Waals surface area contributed by atoms with Crippen molar-refractivity contribution in [3.8, 4) is 0 Å². The van der Waals surface area contributed by atoms with Gasteiger partial charge in [-0.05, 0) is 37.5 Å². The van der Waals surface area contributed by atoms with E-state index >= 15 is 0 Å². The molecule has 1 aliphatic heterocycles. The number of halogens is 1. The van der Waals surface area contributed by atoms with Gasteiger partial charge in [0.15, 0.2) is 9.84 Å². The summed E-state index contributed by atoms with van der Waals surface area (Å²) >= 11 is 0. The number of rotatable bonds is 3. The molecule has 1 fully saturated rings. The molecule has 6 heteroatoms. The number of hydrogen-bond acceptors (Lipinski definition) is 3. The van der Waals surface area contributed by atoms with E-state index in [2.05, 4.69) is 5.32 Å². The molecule has 1 aromatic rings. The molecule has 0 bridgehead atoms. The van der Waals surface area contributed by atoms with Crippen LogP contribution in [0.5, 0.6) is 0 Å². The Morgan fingerprint density at radius 3 is 2.79 bits per heavy atom. The fourth-order valence-electron chi connectivity index (χ4n) is 2.19. The number of sulfone groups is 1. The van der Waals surface area contributed by atoms with Gasteiger partial charge in [0.25, 0.3) is 5.91 Å². The van der Waals surface area contributed by atoms with Crippen LogP contribution >= 0.6 is 0 Å². The number of amides is 1. The zero-order valence-electron chi connectivity index (χ0n) is 10.6. The van der Waals surface area contributed by atoms with Gasteiger partial charge in [-0.1, -0.05) is 6.07 Å². The molecule has 1 aromatic carbocycles. The van der Waals surface area contributed by atoms with Gasteiger partial charge >= 0.3 is 0 Å². The molecule has 4 nitrogen and oxygen atoms in total. The van der Waals surface area contributed by atoms with E-state index in [0.29, 0.717) is 12.8 Å². The van der Waals surface area contributed by atoms with E-state index in [1.165, 1.54) is 12.1 Å². The lowest BCUT2D eigenvalue weighted by molar-refractivity contribution is 0.0949.